The highest BCUT2D eigenvalue weighted by molar-refractivity contribution is 5.88. The van der Waals surface area contributed by atoms with E-state index in [1.54, 1.807) is 30.3 Å². The third kappa shape index (κ3) is 5.58. The first-order chi connectivity index (χ1) is 13.7. The van der Waals surface area contributed by atoms with Crippen molar-refractivity contribution in [2.24, 2.45) is 0 Å². The van der Waals surface area contributed by atoms with Crippen molar-refractivity contribution in [1.82, 2.24) is 9.97 Å². The van der Waals surface area contributed by atoms with Gasteiger partial charge in [0.15, 0.2) is 0 Å². The van der Waals surface area contributed by atoms with Crippen LogP contribution in [0.5, 0.6) is 0 Å². The molecule has 0 bridgehead atoms. The molecule has 1 heterocycles. The second-order valence-electron chi connectivity index (χ2n) is 6.08. The van der Waals surface area contributed by atoms with Crippen LogP contribution in [-0.4, -0.2) is 15.9 Å². The molecule has 0 aliphatic rings. The lowest BCUT2D eigenvalue weighted by Gasteiger charge is -2.11. The average Bonchev–Trinajstić information content (AvgIpc) is 2.62. The summed E-state index contributed by atoms with van der Waals surface area (Å²) in [5.41, 5.74) is 6.75. The maximum atomic E-state index is 12.7. The fourth-order valence-corrected chi connectivity index (χ4v) is 2.47. The van der Waals surface area contributed by atoms with Gasteiger partial charge in [0, 0.05) is 30.1 Å². The lowest BCUT2D eigenvalue weighted by atomic mass is 10.2. The van der Waals surface area contributed by atoms with Crippen molar-refractivity contribution in [3.05, 3.63) is 60.2 Å². The number of carbonyl (C=O) groups is 1. The van der Waals surface area contributed by atoms with Gasteiger partial charge >= 0.3 is 6.18 Å². The van der Waals surface area contributed by atoms with Crippen molar-refractivity contribution < 1.29 is 18.0 Å². The second kappa shape index (κ2) is 8.05. The number of rotatable bonds is 5. The molecule has 0 fully saturated rings. The van der Waals surface area contributed by atoms with Gasteiger partial charge in [0.2, 0.25) is 11.9 Å². The summed E-state index contributed by atoms with van der Waals surface area (Å²) in [6.07, 6.45) is -4.40. The summed E-state index contributed by atoms with van der Waals surface area (Å²) in [5, 5.41) is 8.60. The highest BCUT2D eigenvalue weighted by Crippen LogP contribution is 2.30. The monoisotopic (exact) mass is 402 g/mol. The van der Waals surface area contributed by atoms with E-state index < -0.39 is 11.7 Å². The molecular weight excluding hydrogens is 385 g/mol. The molecule has 0 saturated carbocycles. The van der Waals surface area contributed by atoms with Crippen LogP contribution in [0.1, 0.15) is 12.5 Å². The molecule has 10 heteroatoms. The Labute approximate surface area is 164 Å². The molecule has 1 amide bonds. The van der Waals surface area contributed by atoms with Gasteiger partial charge < -0.3 is 21.7 Å². The summed E-state index contributed by atoms with van der Waals surface area (Å²) in [4.78, 5) is 19.2. The van der Waals surface area contributed by atoms with E-state index in [2.05, 4.69) is 25.9 Å². The Kier molecular flexibility index (Phi) is 5.53. The van der Waals surface area contributed by atoms with E-state index in [9.17, 15) is 18.0 Å². The lowest BCUT2D eigenvalue weighted by molar-refractivity contribution is -0.137. The fourth-order valence-electron chi connectivity index (χ4n) is 2.47. The molecule has 1 aromatic heterocycles. The van der Waals surface area contributed by atoms with Gasteiger partial charge in [-0.15, -0.1) is 0 Å². The Morgan fingerprint density at radius 3 is 1.76 bits per heavy atom. The standard InChI is InChI=1S/C19H17F3N6O/c1-11(29)24-13-6-8-15(9-7-13)26-17-10-16(27-18(23)28-17)25-14-4-2-12(3-5-14)19(20,21)22/h2-10H,1H3,(H,24,29)(H4,23,25,26,27,28). The molecule has 7 nitrogen and oxygen atoms in total. The van der Waals surface area contributed by atoms with E-state index >= 15 is 0 Å². The minimum atomic E-state index is -4.40. The number of benzene rings is 2. The van der Waals surface area contributed by atoms with Crippen LogP contribution in [0.15, 0.2) is 54.6 Å². The molecule has 29 heavy (non-hydrogen) atoms. The smallest absolute Gasteiger partial charge is 0.368 e. The molecular formula is C19H17F3N6O. The highest BCUT2D eigenvalue weighted by Gasteiger charge is 2.29. The van der Waals surface area contributed by atoms with Gasteiger partial charge in [-0.05, 0) is 48.5 Å². The van der Waals surface area contributed by atoms with Crippen LogP contribution in [0.3, 0.4) is 0 Å². The molecule has 3 rings (SSSR count). The number of nitrogen functional groups attached to an aromatic ring is 1. The summed E-state index contributed by atoms with van der Waals surface area (Å²) in [5.74, 6) is 0.515. The van der Waals surface area contributed by atoms with E-state index in [0.717, 1.165) is 12.1 Å². The summed E-state index contributed by atoms with van der Waals surface area (Å²) in [7, 11) is 0. The molecule has 5 N–H and O–H groups in total. The van der Waals surface area contributed by atoms with Gasteiger partial charge in [-0.2, -0.15) is 23.1 Å². The Morgan fingerprint density at radius 1 is 0.862 bits per heavy atom. The Hall–Kier alpha value is -3.82. The number of aromatic nitrogens is 2. The van der Waals surface area contributed by atoms with E-state index in [-0.39, 0.29) is 11.9 Å². The van der Waals surface area contributed by atoms with Crippen molar-refractivity contribution >= 4 is 40.6 Å². The molecule has 2 aromatic carbocycles. The predicted octanol–water partition coefficient (Wildman–Crippen LogP) is 4.52. The van der Waals surface area contributed by atoms with Crippen LogP contribution in [-0.2, 0) is 11.0 Å². The molecule has 0 unspecified atom stereocenters. The van der Waals surface area contributed by atoms with Crippen LogP contribution < -0.4 is 21.7 Å². The Morgan fingerprint density at radius 2 is 1.31 bits per heavy atom. The zero-order valence-corrected chi connectivity index (χ0v) is 15.2. The number of nitrogens with zero attached hydrogens (tertiary/aromatic N) is 2. The number of nitrogens with one attached hydrogen (secondary N) is 3. The normalized spacial score (nSPS) is 11.0. The third-order valence-corrected chi connectivity index (χ3v) is 3.71. The highest BCUT2D eigenvalue weighted by atomic mass is 19.4. The molecule has 0 radical (unpaired) electrons. The molecule has 0 spiro atoms. The Bertz CT molecular complexity index is 1000. The number of nitrogens with two attached hydrogens (primary N) is 1. The van der Waals surface area contributed by atoms with Crippen molar-refractivity contribution in [2.75, 3.05) is 21.7 Å². The maximum absolute atomic E-state index is 12.7. The van der Waals surface area contributed by atoms with E-state index in [0.29, 0.717) is 28.7 Å². The number of anilines is 6. The van der Waals surface area contributed by atoms with Crippen molar-refractivity contribution in [3.63, 3.8) is 0 Å². The van der Waals surface area contributed by atoms with Gasteiger partial charge in [-0.1, -0.05) is 0 Å². The van der Waals surface area contributed by atoms with E-state index in [1.165, 1.54) is 19.1 Å². The van der Waals surface area contributed by atoms with Crippen LogP contribution in [0, 0.1) is 0 Å². The summed E-state index contributed by atoms with van der Waals surface area (Å²) in [6, 6.07) is 13.0. The number of carbonyl (C=O) groups excluding carboxylic acids is 1. The third-order valence-electron chi connectivity index (χ3n) is 3.71. The lowest BCUT2D eigenvalue weighted by Crippen LogP contribution is -2.06. The van der Waals surface area contributed by atoms with Gasteiger partial charge in [0.25, 0.3) is 0 Å². The van der Waals surface area contributed by atoms with Gasteiger partial charge in [-0.25, -0.2) is 0 Å². The zero-order chi connectivity index (χ0) is 21.0. The zero-order valence-electron chi connectivity index (χ0n) is 15.2. The van der Waals surface area contributed by atoms with Gasteiger partial charge in [0.1, 0.15) is 11.6 Å². The topological polar surface area (TPSA) is 105 Å². The van der Waals surface area contributed by atoms with Crippen LogP contribution >= 0.6 is 0 Å². The van der Waals surface area contributed by atoms with Crippen LogP contribution in [0.25, 0.3) is 0 Å². The summed E-state index contributed by atoms with van der Waals surface area (Å²) >= 11 is 0. The summed E-state index contributed by atoms with van der Waals surface area (Å²) < 4.78 is 38.0. The predicted molar refractivity (Wildman–Crippen MR) is 105 cm³/mol. The van der Waals surface area contributed by atoms with Crippen molar-refractivity contribution in [2.45, 2.75) is 13.1 Å². The van der Waals surface area contributed by atoms with Crippen molar-refractivity contribution in [1.29, 1.82) is 0 Å². The molecule has 0 aliphatic heterocycles. The number of alkyl halides is 3. The minimum Gasteiger partial charge on any atom is -0.368 e. The van der Waals surface area contributed by atoms with E-state index in [1.807, 2.05) is 0 Å². The Balaban J connectivity index is 1.73. The maximum Gasteiger partial charge on any atom is 0.416 e. The van der Waals surface area contributed by atoms with Gasteiger partial charge in [-0.3, -0.25) is 4.79 Å². The first-order valence-corrected chi connectivity index (χ1v) is 8.42. The quantitative estimate of drug-likeness (QED) is 0.500. The minimum absolute atomic E-state index is 0.0146. The molecule has 0 atom stereocenters. The number of amides is 1. The van der Waals surface area contributed by atoms with Crippen LogP contribution in [0.4, 0.5) is 47.8 Å². The SMILES string of the molecule is CC(=O)Nc1ccc(Nc2cc(Nc3ccc(C(F)(F)F)cc3)nc(N)n2)cc1. The summed E-state index contributed by atoms with van der Waals surface area (Å²) in [6.45, 7) is 1.42. The first-order valence-electron chi connectivity index (χ1n) is 8.42. The number of halogens is 3. The molecule has 150 valence electrons. The number of hydrogen-bond donors (Lipinski definition) is 4. The average molecular weight is 402 g/mol. The largest absolute Gasteiger partial charge is 0.416 e. The molecule has 0 saturated heterocycles. The van der Waals surface area contributed by atoms with Gasteiger partial charge in [0.05, 0.1) is 5.56 Å². The second-order valence-corrected chi connectivity index (χ2v) is 6.08. The van der Waals surface area contributed by atoms with E-state index in [4.69, 9.17) is 5.73 Å². The van der Waals surface area contributed by atoms with Crippen LogP contribution in [0.2, 0.25) is 0 Å². The molecule has 0 aliphatic carbocycles. The first kappa shape index (κ1) is 19.9. The number of hydrogen-bond acceptors (Lipinski definition) is 6. The fraction of sp³-hybridized carbons (Fsp3) is 0.105. The van der Waals surface area contributed by atoms with Crippen molar-refractivity contribution in [3.8, 4) is 0 Å². The molecule has 3 aromatic rings.